The first kappa shape index (κ1) is 31.3. The van der Waals surface area contributed by atoms with Crippen LogP contribution in [0.15, 0.2) is 29.4 Å². The second-order valence-electron chi connectivity index (χ2n) is 11.1. The van der Waals surface area contributed by atoms with E-state index in [0.29, 0.717) is 32.5 Å². The quantitative estimate of drug-likeness (QED) is 0.104. The maximum absolute atomic E-state index is 12.4. The second-order valence-corrected chi connectivity index (χ2v) is 14.8. The minimum absolute atomic E-state index is 0.00418. The van der Waals surface area contributed by atoms with Crippen molar-refractivity contribution < 1.29 is 14.3 Å². The van der Waals surface area contributed by atoms with Gasteiger partial charge in [0.25, 0.3) is 0 Å². The summed E-state index contributed by atoms with van der Waals surface area (Å²) in [6.07, 6.45) is 1.44. The van der Waals surface area contributed by atoms with Crippen molar-refractivity contribution in [3.63, 3.8) is 0 Å². The van der Waals surface area contributed by atoms with Crippen LogP contribution in [0.5, 0.6) is 5.75 Å². The third-order valence-corrected chi connectivity index (χ3v) is 8.73. The van der Waals surface area contributed by atoms with E-state index in [1.54, 1.807) is 21.6 Å². The SMILES string of the molecule is C/C(=N\NC(=O)CC(C)(C)SSC(C)(C)C)c1ccc(OCCCC(=O)NCNC(C)(C)C)cc1. The maximum Gasteiger partial charge on any atom is 0.241 e. The number of carbonyl (C=O) groups excluding carboxylic acids is 2. The Hall–Kier alpha value is -1.71. The average Bonchev–Trinajstić information content (AvgIpc) is 2.72. The van der Waals surface area contributed by atoms with Gasteiger partial charge in [-0.2, -0.15) is 5.10 Å². The van der Waals surface area contributed by atoms with Gasteiger partial charge in [0, 0.05) is 27.9 Å². The largest absolute Gasteiger partial charge is 0.494 e. The molecule has 0 radical (unpaired) electrons. The molecule has 0 saturated heterocycles. The van der Waals surface area contributed by atoms with Crippen LogP contribution >= 0.6 is 21.6 Å². The Morgan fingerprint density at radius 2 is 1.57 bits per heavy atom. The fourth-order valence-corrected chi connectivity index (χ4v) is 4.88. The predicted octanol–water partition coefficient (Wildman–Crippen LogP) is 5.50. The molecule has 9 heteroatoms. The maximum atomic E-state index is 12.4. The molecule has 7 nitrogen and oxygen atoms in total. The molecule has 0 saturated carbocycles. The summed E-state index contributed by atoms with van der Waals surface area (Å²) in [5.74, 6) is 0.634. The minimum atomic E-state index is -0.186. The van der Waals surface area contributed by atoms with E-state index in [2.05, 4.69) is 76.6 Å². The highest BCUT2D eigenvalue weighted by molar-refractivity contribution is 8.77. The summed E-state index contributed by atoms with van der Waals surface area (Å²) in [5.41, 5.74) is 4.27. The van der Waals surface area contributed by atoms with E-state index >= 15 is 0 Å². The Bertz CT molecular complexity index is 842. The van der Waals surface area contributed by atoms with E-state index in [1.807, 2.05) is 31.2 Å². The molecule has 0 bridgehead atoms. The van der Waals surface area contributed by atoms with E-state index in [0.717, 1.165) is 17.0 Å². The Labute approximate surface area is 219 Å². The lowest BCUT2D eigenvalue weighted by atomic mass is 10.1. The van der Waals surface area contributed by atoms with Gasteiger partial charge in [-0.3, -0.25) is 14.9 Å². The van der Waals surface area contributed by atoms with Gasteiger partial charge in [0.05, 0.1) is 19.0 Å². The van der Waals surface area contributed by atoms with Crippen molar-refractivity contribution in [2.45, 2.75) is 96.6 Å². The zero-order valence-corrected chi connectivity index (χ0v) is 24.5. The molecule has 0 spiro atoms. The Kier molecular flexibility index (Phi) is 12.7. The number of hydrogen-bond donors (Lipinski definition) is 3. The first-order chi connectivity index (χ1) is 16.1. The summed E-state index contributed by atoms with van der Waals surface area (Å²) >= 11 is 0. The number of hydrogen-bond acceptors (Lipinski definition) is 7. The molecular weight excluding hydrogens is 480 g/mol. The zero-order chi connectivity index (χ0) is 26.7. The van der Waals surface area contributed by atoms with Gasteiger partial charge < -0.3 is 10.1 Å². The monoisotopic (exact) mass is 524 g/mol. The first-order valence-electron chi connectivity index (χ1n) is 12.0. The summed E-state index contributed by atoms with van der Waals surface area (Å²) < 4.78 is 5.69. The summed E-state index contributed by atoms with van der Waals surface area (Å²) in [7, 11) is 3.51. The zero-order valence-electron chi connectivity index (χ0n) is 22.8. The van der Waals surface area contributed by atoms with E-state index in [-0.39, 0.29) is 26.8 Å². The molecule has 1 rings (SSSR count). The molecule has 0 unspecified atom stereocenters. The van der Waals surface area contributed by atoms with Crippen molar-refractivity contribution in [2.24, 2.45) is 5.10 Å². The van der Waals surface area contributed by atoms with Crippen molar-refractivity contribution in [1.29, 1.82) is 0 Å². The molecule has 0 aliphatic carbocycles. The smallest absolute Gasteiger partial charge is 0.241 e. The van der Waals surface area contributed by atoms with Crippen LogP contribution in [0.4, 0.5) is 0 Å². The Balaban J connectivity index is 2.40. The number of benzene rings is 1. The second kappa shape index (κ2) is 14.1. The van der Waals surface area contributed by atoms with E-state index in [1.165, 1.54) is 0 Å². The Morgan fingerprint density at radius 3 is 2.14 bits per heavy atom. The first-order valence-corrected chi connectivity index (χ1v) is 14.2. The predicted molar refractivity (Wildman–Crippen MR) is 151 cm³/mol. The molecule has 3 N–H and O–H groups in total. The minimum Gasteiger partial charge on any atom is -0.494 e. The summed E-state index contributed by atoms with van der Waals surface area (Å²) in [5, 5.41) is 10.3. The molecule has 0 aliphatic heterocycles. The summed E-state index contributed by atoms with van der Waals surface area (Å²) in [4.78, 5) is 24.2. The highest BCUT2D eigenvalue weighted by Crippen LogP contribution is 2.44. The van der Waals surface area contributed by atoms with Gasteiger partial charge in [0.2, 0.25) is 11.8 Å². The normalized spacial score (nSPS) is 12.9. The topological polar surface area (TPSA) is 91.8 Å². The number of carbonyl (C=O) groups is 2. The fraction of sp³-hybridized carbons (Fsp3) is 0.654. The lowest BCUT2D eigenvalue weighted by Gasteiger charge is -2.26. The summed E-state index contributed by atoms with van der Waals surface area (Å²) in [6, 6.07) is 7.55. The highest BCUT2D eigenvalue weighted by Gasteiger charge is 2.26. The van der Waals surface area contributed by atoms with Crippen molar-refractivity contribution in [3.8, 4) is 5.75 Å². The van der Waals surface area contributed by atoms with Gasteiger partial charge in [0.15, 0.2) is 0 Å². The van der Waals surface area contributed by atoms with Crippen molar-refractivity contribution >= 4 is 39.1 Å². The van der Waals surface area contributed by atoms with E-state index < -0.39 is 0 Å². The molecule has 0 aromatic heterocycles. The fourth-order valence-electron chi connectivity index (χ4n) is 2.62. The molecule has 35 heavy (non-hydrogen) atoms. The van der Waals surface area contributed by atoms with Crippen LogP contribution in [-0.2, 0) is 9.59 Å². The van der Waals surface area contributed by atoms with Gasteiger partial charge in [-0.15, -0.1) is 0 Å². The van der Waals surface area contributed by atoms with Crippen LogP contribution in [0, 0.1) is 0 Å². The number of hydrazone groups is 1. The van der Waals surface area contributed by atoms with Crippen LogP contribution in [0.25, 0.3) is 0 Å². The molecule has 0 heterocycles. The van der Waals surface area contributed by atoms with Gasteiger partial charge in [-0.25, -0.2) is 5.43 Å². The number of nitrogens with one attached hydrogen (secondary N) is 3. The molecular formula is C26H44N4O3S2. The Morgan fingerprint density at radius 1 is 0.943 bits per heavy atom. The number of nitrogens with zero attached hydrogens (tertiary/aromatic N) is 1. The van der Waals surface area contributed by atoms with Crippen LogP contribution in [0.3, 0.4) is 0 Å². The van der Waals surface area contributed by atoms with Crippen molar-refractivity contribution in [1.82, 2.24) is 16.1 Å². The molecule has 0 fully saturated rings. The van der Waals surface area contributed by atoms with Crippen LogP contribution in [0.1, 0.15) is 87.1 Å². The lowest BCUT2D eigenvalue weighted by Crippen LogP contribution is -2.43. The molecule has 1 aromatic carbocycles. The van der Waals surface area contributed by atoms with Crippen LogP contribution in [-0.4, -0.2) is 45.8 Å². The molecule has 0 atom stereocenters. The highest BCUT2D eigenvalue weighted by atomic mass is 33.1. The van der Waals surface area contributed by atoms with Gasteiger partial charge in [0.1, 0.15) is 5.75 Å². The molecule has 1 aromatic rings. The average molecular weight is 525 g/mol. The summed E-state index contributed by atoms with van der Waals surface area (Å²) in [6.45, 7) is 19.6. The molecule has 198 valence electrons. The van der Waals surface area contributed by atoms with Crippen molar-refractivity contribution in [3.05, 3.63) is 29.8 Å². The van der Waals surface area contributed by atoms with Crippen molar-refractivity contribution in [2.75, 3.05) is 13.3 Å². The molecule has 0 aliphatic rings. The van der Waals surface area contributed by atoms with E-state index in [9.17, 15) is 9.59 Å². The van der Waals surface area contributed by atoms with Crippen LogP contribution < -0.4 is 20.8 Å². The van der Waals surface area contributed by atoms with Gasteiger partial charge in [-0.05, 0) is 77.8 Å². The van der Waals surface area contributed by atoms with Gasteiger partial charge >= 0.3 is 0 Å². The number of ether oxygens (including phenoxy) is 1. The standard InChI is InChI=1S/C26H44N4O3S2/c1-19(29-30-23(32)17-26(8,9)35-34-25(5,6)7)20-12-14-21(15-13-20)33-16-10-11-22(31)27-18-28-24(2,3)4/h12-15,28H,10-11,16-18H2,1-9H3,(H,27,31)(H,30,32)/b29-19+. The molecule has 2 amide bonds. The van der Waals surface area contributed by atoms with E-state index in [4.69, 9.17) is 4.74 Å². The third-order valence-electron chi connectivity index (χ3n) is 4.45. The third kappa shape index (κ3) is 15.8. The number of amides is 2. The van der Waals surface area contributed by atoms with Gasteiger partial charge in [-0.1, -0.05) is 42.4 Å². The number of rotatable bonds is 13. The van der Waals surface area contributed by atoms with Crippen LogP contribution in [0.2, 0.25) is 0 Å². The lowest BCUT2D eigenvalue weighted by molar-refractivity contribution is -0.122.